The fourth-order valence-electron chi connectivity index (χ4n) is 5.31. The van der Waals surface area contributed by atoms with E-state index in [0.717, 1.165) is 39.2 Å². The van der Waals surface area contributed by atoms with E-state index < -0.39 is 0 Å². The number of rotatable bonds is 35. The standard InChI is InChI=1S/C41H77NO2/c1-5-7-9-11-13-15-17-19-21-23-25-27-29-31-33-35-37-43-40-41(39-42(3)4)44-38-36-34-32-30-28-26-24-22-20-18-16-14-12-10-8-6-2/h13-16,19-22,41H,5-12,17-18,23-40H2,1-4H3. The van der Waals surface area contributed by atoms with Crippen LogP contribution in [0.5, 0.6) is 0 Å². The molecule has 0 amide bonds. The summed E-state index contributed by atoms with van der Waals surface area (Å²) in [6.07, 6.45) is 49.7. The molecule has 1 atom stereocenters. The largest absolute Gasteiger partial charge is 0.379 e. The number of ether oxygens (including phenoxy) is 2. The van der Waals surface area contributed by atoms with E-state index in [2.05, 4.69) is 81.5 Å². The van der Waals surface area contributed by atoms with Gasteiger partial charge in [-0.3, -0.25) is 0 Å². The van der Waals surface area contributed by atoms with Gasteiger partial charge < -0.3 is 14.4 Å². The van der Waals surface area contributed by atoms with Gasteiger partial charge in [0.15, 0.2) is 0 Å². The molecule has 0 rings (SSSR count). The summed E-state index contributed by atoms with van der Waals surface area (Å²) < 4.78 is 12.2. The summed E-state index contributed by atoms with van der Waals surface area (Å²) in [4.78, 5) is 2.22. The molecule has 0 aromatic carbocycles. The number of unbranched alkanes of at least 4 members (excludes halogenated alkanes) is 18. The van der Waals surface area contributed by atoms with Crippen molar-refractivity contribution in [3.8, 4) is 0 Å². The molecule has 0 radical (unpaired) electrons. The first-order valence-electron chi connectivity index (χ1n) is 19.1. The average Bonchev–Trinajstić information content (AvgIpc) is 3.01. The van der Waals surface area contributed by atoms with Crippen molar-refractivity contribution >= 4 is 0 Å². The summed E-state index contributed by atoms with van der Waals surface area (Å²) >= 11 is 0. The Morgan fingerprint density at radius 1 is 0.455 bits per heavy atom. The van der Waals surface area contributed by atoms with E-state index in [4.69, 9.17) is 9.47 Å². The van der Waals surface area contributed by atoms with Crippen molar-refractivity contribution in [2.45, 2.75) is 174 Å². The molecule has 0 spiro atoms. The second-order valence-electron chi connectivity index (χ2n) is 13.0. The van der Waals surface area contributed by atoms with Crippen LogP contribution in [0.25, 0.3) is 0 Å². The Kier molecular flexibility index (Phi) is 37.0. The van der Waals surface area contributed by atoms with Gasteiger partial charge in [0.05, 0.1) is 12.7 Å². The maximum absolute atomic E-state index is 6.21. The third-order valence-corrected chi connectivity index (χ3v) is 8.06. The minimum absolute atomic E-state index is 0.188. The van der Waals surface area contributed by atoms with Crippen LogP contribution in [0.1, 0.15) is 168 Å². The predicted molar refractivity (Wildman–Crippen MR) is 198 cm³/mol. The highest BCUT2D eigenvalue weighted by atomic mass is 16.5. The molecule has 0 aromatic rings. The van der Waals surface area contributed by atoms with Gasteiger partial charge in [-0.15, -0.1) is 0 Å². The molecule has 0 N–H and O–H groups in total. The average molecular weight is 616 g/mol. The normalized spacial score (nSPS) is 13.2. The lowest BCUT2D eigenvalue weighted by Gasteiger charge is -2.21. The zero-order valence-electron chi connectivity index (χ0n) is 30.3. The Morgan fingerprint density at radius 3 is 1.27 bits per heavy atom. The molecule has 0 heterocycles. The molecule has 0 aliphatic heterocycles. The van der Waals surface area contributed by atoms with E-state index in [9.17, 15) is 0 Å². The number of nitrogens with zero attached hydrogens (tertiary/aromatic N) is 1. The number of allylic oxidation sites excluding steroid dienone is 8. The van der Waals surface area contributed by atoms with Crippen LogP contribution in [-0.2, 0) is 9.47 Å². The fraction of sp³-hybridized carbons (Fsp3) is 0.805. The molecule has 44 heavy (non-hydrogen) atoms. The van der Waals surface area contributed by atoms with Gasteiger partial charge in [0, 0.05) is 19.8 Å². The maximum Gasteiger partial charge on any atom is 0.0934 e. The molecule has 0 fully saturated rings. The minimum atomic E-state index is 0.188. The zero-order chi connectivity index (χ0) is 32.0. The van der Waals surface area contributed by atoms with Gasteiger partial charge in [0.1, 0.15) is 0 Å². The van der Waals surface area contributed by atoms with Gasteiger partial charge in [-0.25, -0.2) is 0 Å². The highest BCUT2D eigenvalue weighted by molar-refractivity contribution is 4.93. The highest BCUT2D eigenvalue weighted by Crippen LogP contribution is 2.11. The molecule has 0 saturated carbocycles. The molecule has 1 unspecified atom stereocenters. The first kappa shape index (κ1) is 42.8. The Hall–Kier alpha value is -1.16. The number of hydrogen-bond donors (Lipinski definition) is 0. The third kappa shape index (κ3) is 37.0. The lowest BCUT2D eigenvalue weighted by molar-refractivity contribution is -0.0287. The summed E-state index contributed by atoms with van der Waals surface area (Å²) in [6.45, 7) is 7.92. The lowest BCUT2D eigenvalue weighted by Crippen LogP contribution is -2.32. The lowest BCUT2D eigenvalue weighted by atomic mass is 10.1. The molecule has 0 aromatic heterocycles. The smallest absolute Gasteiger partial charge is 0.0934 e. The van der Waals surface area contributed by atoms with E-state index in [1.54, 1.807) is 0 Å². The molecule has 0 saturated heterocycles. The first-order valence-corrected chi connectivity index (χ1v) is 19.1. The van der Waals surface area contributed by atoms with Crippen molar-refractivity contribution in [2.75, 3.05) is 40.5 Å². The maximum atomic E-state index is 6.21. The van der Waals surface area contributed by atoms with Crippen LogP contribution in [0, 0.1) is 0 Å². The second kappa shape index (κ2) is 38.0. The van der Waals surface area contributed by atoms with Gasteiger partial charge in [-0.05, 0) is 91.1 Å². The molecule has 0 bridgehead atoms. The van der Waals surface area contributed by atoms with Crippen LogP contribution in [-0.4, -0.2) is 51.5 Å². The van der Waals surface area contributed by atoms with Gasteiger partial charge >= 0.3 is 0 Å². The minimum Gasteiger partial charge on any atom is -0.379 e. The molecule has 258 valence electrons. The van der Waals surface area contributed by atoms with Crippen molar-refractivity contribution in [2.24, 2.45) is 0 Å². The van der Waals surface area contributed by atoms with Gasteiger partial charge in [-0.2, -0.15) is 0 Å². The molecular formula is C41H77NO2. The number of hydrogen-bond acceptors (Lipinski definition) is 3. The van der Waals surface area contributed by atoms with Gasteiger partial charge in [0.2, 0.25) is 0 Å². The van der Waals surface area contributed by atoms with Crippen LogP contribution in [0.4, 0.5) is 0 Å². The SMILES string of the molecule is CCCCCC=CCC=CCCCCCCCCOCC(CN(C)C)OCCCCCCCCC=CCC=CCCCCC. The quantitative estimate of drug-likeness (QED) is 0.0523. The van der Waals surface area contributed by atoms with Gasteiger partial charge in [-0.1, -0.05) is 140 Å². The monoisotopic (exact) mass is 616 g/mol. The van der Waals surface area contributed by atoms with Crippen LogP contribution < -0.4 is 0 Å². The van der Waals surface area contributed by atoms with Crippen molar-refractivity contribution in [1.29, 1.82) is 0 Å². The second-order valence-corrected chi connectivity index (χ2v) is 13.0. The molecule has 3 heteroatoms. The summed E-state index contributed by atoms with van der Waals surface area (Å²) in [5, 5.41) is 0. The van der Waals surface area contributed by atoms with E-state index in [0.29, 0.717) is 0 Å². The van der Waals surface area contributed by atoms with Crippen LogP contribution in [0.3, 0.4) is 0 Å². The summed E-state index contributed by atoms with van der Waals surface area (Å²) in [5.74, 6) is 0. The Morgan fingerprint density at radius 2 is 0.841 bits per heavy atom. The topological polar surface area (TPSA) is 21.7 Å². The molecule has 3 nitrogen and oxygen atoms in total. The zero-order valence-corrected chi connectivity index (χ0v) is 30.3. The Labute approximate surface area is 277 Å². The third-order valence-electron chi connectivity index (χ3n) is 8.06. The van der Waals surface area contributed by atoms with Crippen LogP contribution in [0.2, 0.25) is 0 Å². The van der Waals surface area contributed by atoms with Crippen LogP contribution >= 0.6 is 0 Å². The van der Waals surface area contributed by atoms with Crippen molar-refractivity contribution < 1.29 is 9.47 Å². The van der Waals surface area contributed by atoms with E-state index in [1.807, 2.05) is 0 Å². The highest BCUT2D eigenvalue weighted by Gasteiger charge is 2.10. The summed E-state index contributed by atoms with van der Waals surface area (Å²) in [7, 11) is 4.25. The summed E-state index contributed by atoms with van der Waals surface area (Å²) in [6, 6.07) is 0. The molecule has 0 aliphatic rings. The van der Waals surface area contributed by atoms with Crippen LogP contribution in [0.15, 0.2) is 48.6 Å². The van der Waals surface area contributed by atoms with E-state index >= 15 is 0 Å². The van der Waals surface area contributed by atoms with Crippen molar-refractivity contribution in [3.05, 3.63) is 48.6 Å². The first-order chi connectivity index (χ1) is 21.7. The van der Waals surface area contributed by atoms with Crippen molar-refractivity contribution in [3.63, 3.8) is 0 Å². The van der Waals surface area contributed by atoms with E-state index in [-0.39, 0.29) is 6.10 Å². The summed E-state index contributed by atoms with van der Waals surface area (Å²) in [5.41, 5.74) is 0. The Balaban J connectivity index is 3.58. The number of likely N-dealkylation sites (N-methyl/N-ethyl adjacent to an activating group) is 1. The van der Waals surface area contributed by atoms with Crippen molar-refractivity contribution in [1.82, 2.24) is 4.90 Å². The van der Waals surface area contributed by atoms with E-state index in [1.165, 1.54) is 141 Å². The molecular weight excluding hydrogens is 538 g/mol. The van der Waals surface area contributed by atoms with Gasteiger partial charge in [0.25, 0.3) is 0 Å². The Bertz CT molecular complexity index is 651. The molecule has 0 aliphatic carbocycles. The fourth-order valence-corrected chi connectivity index (χ4v) is 5.31. The predicted octanol–water partition coefficient (Wildman–Crippen LogP) is 12.6.